The fourth-order valence-electron chi connectivity index (χ4n) is 4.44. The van der Waals surface area contributed by atoms with Gasteiger partial charge in [-0.2, -0.15) is 0 Å². The average Bonchev–Trinajstić information content (AvgIpc) is 2.57. The Balaban J connectivity index is 2.06. The first-order valence-corrected chi connectivity index (χ1v) is 9.29. The quantitative estimate of drug-likeness (QED) is 0.719. The summed E-state index contributed by atoms with van der Waals surface area (Å²) >= 11 is 0. The van der Waals surface area contributed by atoms with Crippen molar-refractivity contribution >= 4 is 0 Å². The Morgan fingerprint density at radius 2 is 1.62 bits per heavy atom. The van der Waals surface area contributed by atoms with Crippen LogP contribution in [0.2, 0.25) is 0 Å². The van der Waals surface area contributed by atoms with E-state index in [4.69, 9.17) is 0 Å². The van der Waals surface area contributed by atoms with Crippen molar-refractivity contribution in [3.8, 4) is 5.75 Å². The van der Waals surface area contributed by atoms with E-state index in [2.05, 4.69) is 57.2 Å². The Morgan fingerprint density at radius 1 is 0.958 bits per heavy atom. The lowest BCUT2D eigenvalue weighted by Crippen LogP contribution is -2.34. The largest absolute Gasteiger partial charge is 0.508 e. The molecule has 1 fully saturated rings. The van der Waals surface area contributed by atoms with Gasteiger partial charge in [-0.15, -0.1) is 0 Å². The van der Waals surface area contributed by atoms with Gasteiger partial charge in [0.25, 0.3) is 0 Å². The number of phenolic OH excluding ortho intramolecular Hbond substituents is 1. The third-order valence-electron chi connectivity index (χ3n) is 6.15. The first kappa shape index (κ1) is 17.1. The van der Waals surface area contributed by atoms with Crippen molar-refractivity contribution in [3.63, 3.8) is 0 Å². The lowest BCUT2D eigenvalue weighted by atomic mass is 9.61. The van der Waals surface area contributed by atoms with Crippen LogP contribution >= 0.6 is 0 Å². The Hall–Kier alpha value is -1.76. The topological polar surface area (TPSA) is 20.2 Å². The third-order valence-corrected chi connectivity index (χ3v) is 6.15. The number of hydrogen-bond acceptors (Lipinski definition) is 1. The normalized spacial score (nSPS) is 24.3. The minimum atomic E-state index is 0.0931. The van der Waals surface area contributed by atoms with Crippen LogP contribution in [-0.4, -0.2) is 5.11 Å². The van der Waals surface area contributed by atoms with E-state index in [0.717, 1.165) is 17.4 Å². The molecule has 0 heterocycles. The molecule has 24 heavy (non-hydrogen) atoms. The van der Waals surface area contributed by atoms with E-state index in [1.54, 1.807) is 0 Å². The number of aromatic hydroxyl groups is 1. The van der Waals surface area contributed by atoms with Gasteiger partial charge in [-0.3, -0.25) is 0 Å². The molecule has 1 aliphatic rings. The molecular formula is C23H30O. The van der Waals surface area contributed by atoms with Crippen LogP contribution in [0.15, 0.2) is 42.5 Å². The highest BCUT2D eigenvalue weighted by atomic mass is 16.3. The van der Waals surface area contributed by atoms with Crippen LogP contribution in [0.25, 0.3) is 0 Å². The SMILES string of the molecule is Cc1cccc(C2(c3ccc(O)c(C)c3)CCC(C(C)C)CC2)c1. The lowest BCUT2D eigenvalue weighted by molar-refractivity contribution is 0.217. The summed E-state index contributed by atoms with van der Waals surface area (Å²) in [6.07, 6.45) is 4.96. The Labute approximate surface area is 146 Å². The molecular weight excluding hydrogens is 292 g/mol. The van der Waals surface area contributed by atoms with Crippen molar-refractivity contribution in [2.75, 3.05) is 0 Å². The molecule has 0 amide bonds. The highest BCUT2D eigenvalue weighted by Crippen LogP contribution is 2.48. The van der Waals surface area contributed by atoms with E-state index in [9.17, 15) is 5.11 Å². The molecule has 0 aliphatic heterocycles. The molecule has 2 aromatic carbocycles. The number of rotatable bonds is 3. The maximum Gasteiger partial charge on any atom is 0.118 e. The standard InChI is InChI=1S/C23H30O/c1-16(2)19-10-12-23(13-11-19,20-7-5-6-17(3)14-20)21-8-9-22(24)18(4)15-21/h5-9,14-16,19,24H,10-13H2,1-4H3. The van der Waals surface area contributed by atoms with Crippen molar-refractivity contribution in [1.29, 1.82) is 0 Å². The summed E-state index contributed by atoms with van der Waals surface area (Å²) < 4.78 is 0. The van der Waals surface area contributed by atoms with Crippen LogP contribution in [0.3, 0.4) is 0 Å². The van der Waals surface area contributed by atoms with Crippen molar-refractivity contribution in [2.45, 2.75) is 58.8 Å². The molecule has 0 radical (unpaired) electrons. The molecule has 1 aliphatic carbocycles. The molecule has 1 N–H and O–H groups in total. The third kappa shape index (κ3) is 3.09. The zero-order chi connectivity index (χ0) is 17.3. The minimum Gasteiger partial charge on any atom is -0.508 e. The molecule has 0 aromatic heterocycles. The van der Waals surface area contributed by atoms with Crippen molar-refractivity contribution in [1.82, 2.24) is 0 Å². The fourth-order valence-corrected chi connectivity index (χ4v) is 4.44. The van der Waals surface area contributed by atoms with Gasteiger partial charge in [0, 0.05) is 5.41 Å². The molecule has 1 saturated carbocycles. The van der Waals surface area contributed by atoms with Gasteiger partial charge in [0.15, 0.2) is 0 Å². The number of benzene rings is 2. The van der Waals surface area contributed by atoms with Gasteiger partial charge in [0.05, 0.1) is 0 Å². The molecule has 0 unspecified atom stereocenters. The van der Waals surface area contributed by atoms with Crippen molar-refractivity contribution in [2.24, 2.45) is 11.8 Å². The maximum absolute atomic E-state index is 9.96. The van der Waals surface area contributed by atoms with Crippen LogP contribution in [0.5, 0.6) is 5.75 Å². The first-order chi connectivity index (χ1) is 11.4. The summed E-state index contributed by atoms with van der Waals surface area (Å²) in [4.78, 5) is 0. The summed E-state index contributed by atoms with van der Waals surface area (Å²) in [5, 5.41) is 9.96. The van der Waals surface area contributed by atoms with Crippen LogP contribution in [0.4, 0.5) is 0 Å². The summed E-state index contributed by atoms with van der Waals surface area (Å²) in [5.74, 6) is 2.00. The predicted octanol–water partition coefficient (Wildman–Crippen LogP) is 6.14. The van der Waals surface area contributed by atoms with Crippen LogP contribution in [0, 0.1) is 25.7 Å². The highest BCUT2D eigenvalue weighted by molar-refractivity contribution is 5.45. The van der Waals surface area contributed by atoms with Crippen LogP contribution in [-0.2, 0) is 5.41 Å². The van der Waals surface area contributed by atoms with Gasteiger partial charge < -0.3 is 5.11 Å². The van der Waals surface area contributed by atoms with E-state index in [0.29, 0.717) is 5.75 Å². The zero-order valence-corrected chi connectivity index (χ0v) is 15.5. The Morgan fingerprint density at radius 3 is 2.21 bits per heavy atom. The number of phenols is 1. The first-order valence-electron chi connectivity index (χ1n) is 9.29. The van der Waals surface area contributed by atoms with Crippen molar-refractivity contribution < 1.29 is 5.11 Å². The molecule has 2 aromatic rings. The Bertz CT molecular complexity index is 706. The maximum atomic E-state index is 9.96. The lowest BCUT2D eigenvalue weighted by Gasteiger charge is -2.43. The molecule has 0 atom stereocenters. The molecule has 0 spiro atoms. The van der Waals surface area contributed by atoms with Gasteiger partial charge in [-0.05, 0) is 74.1 Å². The molecule has 1 nitrogen and oxygen atoms in total. The highest BCUT2D eigenvalue weighted by Gasteiger charge is 2.39. The van der Waals surface area contributed by atoms with Crippen LogP contribution in [0.1, 0.15) is 61.8 Å². The van der Waals surface area contributed by atoms with E-state index in [1.807, 2.05) is 13.0 Å². The average molecular weight is 322 g/mol. The molecule has 128 valence electrons. The Kier molecular flexibility index (Phi) is 4.71. The minimum absolute atomic E-state index is 0.0931. The van der Waals surface area contributed by atoms with Crippen molar-refractivity contribution in [3.05, 3.63) is 64.7 Å². The smallest absolute Gasteiger partial charge is 0.118 e. The van der Waals surface area contributed by atoms with E-state index >= 15 is 0 Å². The zero-order valence-electron chi connectivity index (χ0n) is 15.5. The van der Waals surface area contributed by atoms with Gasteiger partial charge in [-0.25, -0.2) is 0 Å². The predicted molar refractivity (Wildman–Crippen MR) is 102 cm³/mol. The number of hydrogen-bond donors (Lipinski definition) is 1. The summed E-state index contributed by atoms with van der Waals surface area (Å²) in [6, 6.07) is 15.2. The summed E-state index contributed by atoms with van der Waals surface area (Å²) in [5.41, 5.74) is 5.20. The summed E-state index contributed by atoms with van der Waals surface area (Å²) in [7, 11) is 0. The van der Waals surface area contributed by atoms with E-state index in [1.165, 1.54) is 42.4 Å². The monoisotopic (exact) mass is 322 g/mol. The number of aryl methyl sites for hydroxylation is 2. The second kappa shape index (κ2) is 6.63. The van der Waals surface area contributed by atoms with E-state index in [-0.39, 0.29) is 5.41 Å². The summed E-state index contributed by atoms with van der Waals surface area (Å²) in [6.45, 7) is 8.89. The molecule has 3 rings (SSSR count). The molecule has 0 bridgehead atoms. The van der Waals surface area contributed by atoms with Gasteiger partial charge in [-0.1, -0.05) is 55.8 Å². The second-order valence-corrected chi connectivity index (χ2v) is 8.03. The molecule has 0 saturated heterocycles. The van der Waals surface area contributed by atoms with Gasteiger partial charge >= 0.3 is 0 Å². The van der Waals surface area contributed by atoms with Gasteiger partial charge in [0.2, 0.25) is 0 Å². The second-order valence-electron chi connectivity index (χ2n) is 8.03. The van der Waals surface area contributed by atoms with Gasteiger partial charge in [0.1, 0.15) is 5.75 Å². The van der Waals surface area contributed by atoms with E-state index < -0.39 is 0 Å². The fraction of sp³-hybridized carbons (Fsp3) is 0.478. The van der Waals surface area contributed by atoms with Crippen LogP contribution < -0.4 is 0 Å². The molecule has 1 heteroatoms.